The van der Waals surface area contributed by atoms with Gasteiger partial charge in [0.15, 0.2) is 5.78 Å². The minimum atomic E-state index is -0.326. The molecule has 0 atom stereocenters. The Morgan fingerprint density at radius 3 is 2.88 bits per heavy atom. The molecule has 3 nitrogen and oxygen atoms in total. The Hall–Kier alpha value is -1.26. The zero-order valence-electron chi connectivity index (χ0n) is 9.33. The van der Waals surface area contributed by atoms with E-state index in [-0.39, 0.29) is 24.6 Å². The van der Waals surface area contributed by atoms with Crippen LogP contribution in [0.1, 0.15) is 5.56 Å². The SMILES string of the molecule is COCCNCC(=O)Cc1ccccc1F. The highest BCUT2D eigenvalue weighted by Gasteiger charge is 2.06. The fraction of sp³-hybridized carbons (Fsp3) is 0.417. The van der Waals surface area contributed by atoms with Crippen LogP contribution in [0.3, 0.4) is 0 Å². The molecule has 0 amide bonds. The van der Waals surface area contributed by atoms with Crippen molar-refractivity contribution >= 4 is 5.78 Å². The van der Waals surface area contributed by atoms with Gasteiger partial charge in [0.1, 0.15) is 5.82 Å². The smallest absolute Gasteiger partial charge is 0.151 e. The number of methoxy groups -OCH3 is 1. The monoisotopic (exact) mass is 225 g/mol. The van der Waals surface area contributed by atoms with Crippen molar-refractivity contribution in [3.05, 3.63) is 35.6 Å². The average Bonchev–Trinajstić information content (AvgIpc) is 2.28. The highest BCUT2D eigenvalue weighted by molar-refractivity contribution is 5.82. The molecule has 0 unspecified atom stereocenters. The number of hydrogen-bond donors (Lipinski definition) is 1. The van der Waals surface area contributed by atoms with Crippen molar-refractivity contribution in [2.24, 2.45) is 0 Å². The van der Waals surface area contributed by atoms with Gasteiger partial charge in [0.2, 0.25) is 0 Å². The van der Waals surface area contributed by atoms with Crippen molar-refractivity contribution in [2.45, 2.75) is 6.42 Å². The first-order valence-corrected chi connectivity index (χ1v) is 5.19. The number of Topliss-reactive ketones (excluding diaryl/α,β-unsaturated/α-hetero) is 1. The van der Waals surface area contributed by atoms with Crippen LogP contribution in [-0.2, 0) is 16.0 Å². The Morgan fingerprint density at radius 2 is 2.19 bits per heavy atom. The standard InChI is InChI=1S/C12H16FNO2/c1-16-7-6-14-9-11(15)8-10-4-2-3-5-12(10)13/h2-5,14H,6-9H2,1H3. The normalized spacial score (nSPS) is 10.4. The van der Waals surface area contributed by atoms with E-state index in [1.807, 2.05) is 0 Å². The third-order valence-electron chi connectivity index (χ3n) is 2.15. The van der Waals surface area contributed by atoms with Crippen LogP contribution in [0.25, 0.3) is 0 Å². The highest BCUT2D eigenvalue weighted by atomic mass is 19.1. The number of nitrogens with one attached hydrogen (secondary N) is 1. The van der Waals surface area contributed by atoms with Crippen molar-refractivity contribution in [1.82, 2.24) is 5.32 Å². The molecular formula is C12H16FNO2. The molecule has 0 spiro atoms. The Bertz CT molecular complexity index is 342. The first-order valence-electron chi connectivity index (χ1n) is 5.19. The lowest BCUT2D eigenvalue weighted by molar-refractivity contribution is -0.117. The molecule has 0 aliphatic heterocycles. The predicted octanol–water partition coefficient (Wildman–Crippen LogP) is 1.17. The van der Waals surface area contributed by atoms with Crippen LogP contribution < -0.4 is 5.32 Å². The largest absolute Gasteiger partial charge is 0.383 e. The maximum absolute atomic E-state index is 13.2. The van der Waals surface area contributed by atoms with Gasteiger partial charge in [-0.25, -0.2) is 4.39 Å². The average molecular weight is 225 g/mol. The number of ketones is 1. The molecule has 0 aliphatic carbocycles. The van der Waals surface area contributed by atoms with Gasteiger partial charge in [0.05, 0.1) is 13.2 Å². The maximum atomic E-state index is 13.2. The Labute approximate surface area is 94.6 Å². The predicted molar refractivity (Wildman–Crippen MR) is 59.9 cm³/mol. The molecule has 4 heteroatoms. The number of carbonyl (C=O) groups is 1. The number of hydrogen-bond acceptors (Lipinski definition) is 3. The fourth-order valence-corrected chi connectivity index (χ4v) is 1.32. The van der Waals surface area contributed by atoms with Gasteiger partial charge in [-0.15, -0.1) is 0 Å². The summed E-state index contributed by atoms with van der Waals surface area (Å²) in [5, 5.41) is 2.93. The van der Waals surface area contributed by atoms with Crippen LogP contribution in [0, 0.1) is 5.82 Å². The van der Waals surface area contributed by atoms with Gasteiger partial charge in [-0.1, -0.05) is 18.2 Å². The molecule has 1 N–H and O–H groups in total. The first kappa shape index (κ1) is 12.8. The maximum Gasteiger partial charge on any atom is 0.151 e. The van der Waals surface area contributed by atoms with Crippen LogP contribution >= 0.6 is 0 Å². The van der Waals surface area contributed by atoms with E-state index in [0.717, 1.165) is 0 Å². The Balaban J connectivity index is 2.32. The Morgan fingerprint density at radius 1 is 1.44 bits per heavy atom. The zero-order chi connectivity index (χ0) is 11.8. The number of ether oxygens (including phenoxy) is 1. The lowest BCUT2D eigenvalue weighted by atomic mass is 10.1. The molecule has 1 aromatic rings. The van der Waals surface area contributed by atoms with Crippen LogP contribution in [0.4, 0.5) is 4.39 Å². The van der Waals surface area contributed by atoms with E-state index in [1.165, 1.54) is 6.07 Å². The summed E-state index contributed by atoms with van der Waals surface area (Å²) in [5.41, 5.74) is 0.445. The molecule has 0 aromatic heterocycles. The second-order valence-corrected chi connectivity index (χ2v) is 3.48. The van der Waals surface area contributed by atoms with E-state index in [1.54, 1.807) is 25.3 Å². The molecular weight excluding hydrogens is 209 g/mol. The van der Waals surface area contributed by atoms with Gasteiger partial charge in [-0.2, -0.15) is 0 Å². The summed E-state index contributed by atoms with van der Waals surface area (Å²) in [7, 11) is 1.60. The molecule has 1 rings (SSSR count). The molecule has 0 saturated heterocycles. The second kappa shape index (κ2) is 7.09. The van der Waals surface area contributed by atoms with Crippen LogP contribution in [0.15, 0.2) is 24.3 Å². The Kier molecular flexibility index (Phi) is 5.67. The molecule has 0 radical (unpaired) electrons. The molecule has 0 aliphatic rings. The van der Waals surface area contributed by atoms with Crippen molar-refractivity contribution in [2.75, 3.05) is 26.8 Å². The fourth-order valence-electron chi connectivity index (χ4n) is 1.32. The first-order chi connectivity index (χ1) is 7.74. The van der Waals surface area contributed by atoms with Crippen LogP contribution in [0.5, 0.6) is 0 Å². The van der Waals surface area contributed by atoms with E-state index in [2.05, 4.69) is 5.32 Å². The summed E-state index contributed by atoms with van der Waals surface area (Å²) in [6.45, 7) is 1.43. The molecule has 1 aromatic carbocycles. The third kappa shape index (κ3) is 4.51. The summed E-state index contributed by atoms with van der Waals surface area (Å²) in [4.78, 5) is 11.5. The van der Waals surface area contributed by atoms with Crippen molar-refractivity contribution in [3.8, 4) is 0 Å². The number of benzene rings is 1. The minimum absolute atomic E-state index is 0.0267. The summed E-state index contributed by atoms with van der Waals surface area (Å²) in [6, 6.07) is 6.33. The second-order valence-electron chi connectivity index (χ2n) is 3.48. The minimum Gasteiger partial charge on any atom is -0.383 e. The molecule has 0 saturated carbocycles. The summed E-state index contributed by atoms with van der Waals surface area (Å²) < 4.78 is 18.0. The van der Waals surface area contributed by atoms with Gasteiger partial charge in [0.25, 0.3) is 0 Å². The summed E-state index contributed by atoms with van der Waals surface area (Å²) >= 11 is 0. The van der Waals surface area contributed by atoms with Gasteiger partial charge < -0.3 is 10.1 Å². The number of halogens is 1. The van der Waals surface area contributed by atoms with Crippen LogP contribution in [0.2, 0.25) is 0 Å². The van der Waals surface area contributed by atoms with E-state index in [9.17, 15) is 9.18 Å². The van der Waals surface area contributed by atoms with E-state index >= 15 is 0 Å². The number of carbonyl (C=O) groups excluding carboxylic acids is 1. The topological polar surface area (TPSA) is 38.3 Å². The van der Waals surface area contributed by atoms with E-state index in [4.69, 9.17) is 4.74 Å². The number of rotatable bonds is 7. The molecule has 16 heavy (non-hydrogen) atoms. The lowest BCUT2D eigenvalue weighted by Crippen LogP contribution is -2.27. The summed E-state index contributed by atoms with van der Waals surface area (Å²) in [5.74, 6) is -0.353. The van der Waals surface area contributed by atoms with E-state index in [0.29, 0.717) is 18.7 Å². The van der Waals surface area contributed by atoms with E-state index < -0.39 is 0 Å². The molecule has 88 valence electrons. The molecule has 0 heterocycles. The third-order valence-corrected chi connectivity index (χ3v) is 2.15. The van der Waals surface area contributed by atoms with Crippen LogP contribution in [-0.4, -0.2) is 32.6 Å². The zero-order valence-corrected chi connectivity index (χ0v) is 9.33. The van der Waals surface area contributed by atoms with Gasteiger partial charge in [-0.3, -0.25) is 4.79 Å². The van der Waals surface area contributed by atoms with Crippen molar-refractivity contribution in [3.63, 3.8) is 0 Å². The van der Waals surface area contributed by atoms with Crippen molar-refractivity contribution < 1.29 is 13.9 Å². The van der Waals surface area contributed by atoms with Gasteiger partial charge >= 0.3 is 0 Å². The molecule has 0 fully saturated rings. The molecule has 0 bridgehead atoms. The van der Waals surface area contributed by atoms with Gasteiger partial charge in [-0.05, 0) is 11.6 Å². The quantitative estimate of drug-likeness (QED) is 0.708. The van der Waals surface area contributed by atoms with Crippen molar-refractivity contribution in [1.29, 1.82) is 0 Å². The van der Waals surface area contributed by atoms with Gasteiger partial charge in [0, 0.05) is 20.1 Å². The highest BCUT2D eigenvalue weighted by Crippen LogP contribution is 2.06. The summed E-state index contributed by atoms with van der Waals surface area (Å²) in [6.07, 6.45) is 0.132. The lowest BCUT2D eigenvalue weighted by Gasteiger charge is -2.04.